The molecule has 3 rings (SSSR count). The largest absolute Gasteiger partial charge is 0.481 e. The van der Waals surface area contributed by atoms with Crippen LogP contribution in [0.5, 0.6) is 5.75 Å². The molecule has 3 heteroatoms. The van der Waals surface area contributed by atoms with Gasteiger partial charge in [-0.2, -0.15) is 0 Å². The molecule has 3 aromatic rings. The minimum atomic E-state index is -0.521. The third-order valence-electron chi connectivity index (χ3n) is 5.30. The van der Waals surface area contributed by atoms with Crippen LogP contribution in [0.25, 0.3) is 10.8 Å². The lowest BCUT2D eigenvalue weighted by Crippen LogP contribution is -2.39. The van der Waals surface area contributed by atoms with E-state index in [9.17, 15) is 4.79 Å². The van der Waals surface area contributed by atoms with Gasteiger partial charge < -0.3 is 10.1 Å². The average molecular weight is 390 g/mol. The summed E-state index contributed by atoms with van der Waals surface area (Å²) >= 11 is 0. The molecule has 0 radical (unpaired) electrons. The number of carbonyl (C=O) groups is 1. The van der Waals surface area contributed by atoms with Crippen LogP contribution in [0.1, 0.15) is 58.2 Å². The van der Waals surface area contributed by atoms with Crippen molar-refractivity contribution in [1.82, 2.24) is 5.32 Å². The van der Waals surface area contributed by atoms with Crippen molar-refractivity contribution in [3.8, 4) is 5.75 Å². The first-order valence-corrected chi connectivity index (χ1v) is 10.3. The molecule has 2 atom stereocenters. The van der Waals surface area contributed by atoms with Crippen LogP contribution in [0.15, 0.2) is 66.7 Å². The lowest BCUT2D eigenvalue weighted by atomic mass is 9.86. The maximum atomic E-state index is 12.8. The predicted molar refractivity (Wildman–Crippen MR) is 120 cm³/mol. The van der Waals surface area contributed by atoms with Crippen molar-refractivity contribution in [3.63, 3.8) is 0 Å². The maximum absolute atomic E-state index is 12.8. The first kappa shape index (κ1) is 20.9. The Bertz CT molecular complexity index is 970. The molecule has 0 aliphatic rings. The molecule has 0 aliphatic carbocycles. The van der Waals surface area contributed by atoms with Crippen LogP contribution in [0, 0.1) is 0 Å². The second kappa shape index (κ2) is 8.69. The first-order chi connectivity index (χ1) is 13.8. The van der Waals surface area contributed by atoms with Crippen LogP contribution in [0.3, 0.4) is 0 Å². The van der Waals surface area contributed by atoms with Crippen LogP contribution in [0.4, 0.5) is 0 Å². The highest BCUT2D eigenvalue weighted by atomic mass is 16.5. The van der Waals surface area contributed by atoms with E-state index >= 15 is 0 Å². The van der Waals surface area contributed by atoms with E-state index in [4.69, 9.17) is 4.74 Å². The molecule has 0 saturated carbocycles. The van der Waals surface area contributed by atoms with Crippen molar-refractivity contribution in [2.24, 2.45) is 0 Å². The summed E-state index contributed by atoms with van der Waals surface area (Å²) in [5.41, 5.74) is 2.49. The van der Waals surface area contributed by atoms with Crippen molar-refractivity contribution >= 4 is 16.7 Å². The lowest BCUT2D eigenvalue weighted by molar-refractivity contribution is -0.128. The standard InChI is InChI=1S/C26H31NO2/c1-6-24(29-23-16-13-20-9-7-8-10-21(20)17-23)25(28)27-18(2)19-11-14-22(15-12-19)26(3,4)5/h7-18,24H,6H2,1-5H3,(H,27,28)/t18-,24-/m1/s1. The predicted octanol–water partition coefficient (Wildman–Crippen LogP) is 6.17. The Morgan fingerprint density at radius 1 is 0.966 bits per heavy atom. The van der Waals surface area contributed by atoms with Gasteiger partial charge in [-0.05, 0) is 52.8 Å². The Kier molecular flexibility index (Phi) is 6.26. The molecule has 0 unspecified atom stereocenters. The van der Waals surface area contributed by atoms with Gasteiger partial charge in [0.15, 0.2) is 6.10 Å². The highest BCUT2D eigenvalue weighted by Crippen LogP contribution is 2.25. The molecule has 3 aromatic carbocycles. The quantitative estimate of drug-likeness (QED) is 0.547. The molecule has 152 valence electrons. The monoisotopic (exact) mass is 389 g/mol. The molecular weight excluding hydrogens is 358 g/mol. The normalized spacial score (nSPS) is 13.7. The topological polar surface area (TPSA) is 38.3 Å². The second-order valence-electron chi connectivity index (χ2n) is 8.63. The molecule has 0 aliphatic heterocycles. The molecular formula is C26H31NO2. The van der Waals surface area contributed by atoms with Crippen LogP contribution < -0.4 is 10.1 Å². The van der Waals surface area contributed by atoms with E-state index in [1.54, 1.807) is 0 Å². The fourth-order valence-electron chi connectivity index (χ4n) is 3.39. The van der Waals surface area contributed by atoms with Crippen molar-refractivity contribution in [2.75, 3.05) is 0 Å². The fraction of sp³-hybridized carbons (Fsp3) is 0.346. The van der Waals surface area contributed by atoms with Gasteiger partial charge in [0.05, 0.1) is 6.04 Å². The van der Waals surface area contributed by atoms with Crippen molar-refractivity contribution in [3.05, 3.63) is 77.9 Å². The van der Waals surface area contributed by atoms with Gasteiger partial charge in [0.1, 0.15) is 5.75 Å². The van der Waals surface area contributed by atoms with E-state index in [0.29, 0.717) is 12.2 Å². The van der Waals surface area contributed by atoms with E-state index in [2.05, 4.69) is 56.4 Å². The summed E-state index contributed by atoms with van der Waals surface area (Å²) in [5.74, 6) is 0.626. The summed E-state index contributed by atoms with van der Waals surface area (Å²) in [5, 5.41) is 5.36. The molecule has 29 heavy (non-hydrogen) atoms. The molecule has 0 aromatic heterocycles. The van der Waals surface area contributed by atoms with Crippen LogP contribution in [-0.2, 0) is 10.2 Å². The number of carbonyl (C=O) groups excluding carboxylic acids is 1. The van der Waals surface area contributed by atoms with E-state index in [-0.39, 0.29) is 17.4 Å². The van der Waals surface area contributed by atoms with Gasteiger partial charge in [0, 0.05) is 0 Å². The summed E-state index contributed by atoms with van der Waals surface area (Å²) in [7, 11) is 0. The number of fused-ring (bicyclic) bond motifs is 1. The number of nitrogens with one attached hydrogen (secondary N) is 1. The number of ether oxygens (including phenoxy) is 1. The molecule has 1 amide bonds. The van der Waals surface area contributed by atoms with Gasteiger partial charge in [-0.1, -0.05) is 82.3 Å². The Balaban J connectivity index is 1.67. The van der Waals surface area contributed by atoms with Crippen molar-refractivity contribution in [1.29, 1.82) is 0 Å². The molecule has 1 N–H and O–H groups in total. The average Bonchev–Trinajstić information content (AvgIpc) is 2.71. The van der Waals surface area contributed by atoms with E-state index in [1.807, 2.05) is 50.2 Å². The molecule has 0 saturated heterocycles. The minimum Gasteiger partial charge on any atom is -0.481 e. The second-order valence-corrected chi connectivity index (χ2v) is 8.63. The van der Waals surface area contributed by atoms with E-state index < -0.39 is 6.10 Å². The number of benzene rings is 3. The van der Waals surface area contributed by atoms with Crippen LogP contribution in [-0.4, -0.2) is 12.0 Å². The SMILES string of the molecule is CC[C@@H](Oc1ccc2ccccc2c1)C(=O)N[C@H](C)c1ccc(C(C)(C)C)cc1. The Labute approximate surface area is 174 Å². The van der Waals surface area contributed by atoms with Gasteiger partial charge in [-0.15, -0.1) is 0 Å². The van der Waals surface area contributed by atoms with Crippen LogP contribution in [0.2, 0.25) is 0 Å². The van der Waals surface area contributed by atoms with Crippen molar-refractivity contribution < 1.29 is 9.53 Å². The van der Waals surface area contributed by atoms with Gasteiger partial charge in [0.2, 0.25) is 0 Å². The van der Waals surface area contributed by atoms with Gasteiger partial charge in [-0.3, -0.25) is 4.79 Å². The fourth-order valence-corrected chi connectivity index (χ4v) is 3.39. The first-order valence-electron chi connectivity index (χ1n) is 10.3. The molecule has 0 heterocycles. The highest BCUT2D eigenvalue weighted by Gasteiger charge is 2.21. The number of rotatable bonds is 6. The highest BCUT2D eigenvalue weighted by molar-refractivity contribution is 5.84. The summed E-state index contributed by atoms with van der Waals surface area (Å²) in [4.78, 5) is 12.8. The van der Waals surface area contributed by atoms with E-state index in [1.165, 1.54) is 5.56 Å². The van der Waals surface area contributed by atoms with Crippen molar-refractivity contribution in [2.45, 2.75) is 58.6 Å². The number of hydrogen-bond acceptors (Lipinski definition) is 2. The third-order valence-corrected chi connectivity index (χ3v) is 5.30. The molecule has 3 nitrogen and oxygen atoms in total. The van der Waals surface area contributed by atoms with Gasteiger partial charge in [-0.25, -0.2) is 0 Å². The smallest absolute Gasteiger partial charge is 0.261 e. The summed E-state index contributed by atoms with van der Waals surface area (Å²) in [6.45, 7) is 10.6. The lowest BCUT2D eigenvalue weighted by Gasteiger charge is -2.22. The Morgan fingerprint density at radius 3 is 2.24 bits per heavy atom. The molecule has 0 bridgehead atoms. The summed E-state index contributed by atoms with van der Waals surface area (Å²) < 4.78 is 6.02. The molecule has 0 fully saturated rings. The van der Waals surface area contributed by atoms with Gasteiger partial charge in [0.25, 0.3) is 5.91 Å². The zero-order valence-corrected chi connectivity index (χ0v) is 18.0. The van der Waals surface area contributed by atoms with Gasteiger partial charge >= 0.3 is 0 Å². The third kappa shape index (κ3) is 5.17. The number of hydrogen-bond donors (Lipinski definition) is 1. The zero-order chi connectivity index (χ0) is 21.0. The minimum absolute atomic E-state index is 0.0780. The molecule has 0 spiro atoms. The number of amides is 1. The van der Waals surface area contributed by atoms with E-state index in [0.717, 1.165) is 16.3 Å². The maximum Gasteiger partial charge on any atom is 0.261 e. The zero-order valence-electron chi connectivity index (χ0n) is 18.0. The Morgan fingerprint density at radius 2 is 1.62 bits per heavy atom. The Hall–Kier alpha value is -2.81. The summed E-state index contributed by atoms with van der Waals surface area (Å²) in [6.07, 6.45) is 0.0846. The summed E-state index contributed by atoms with van der Waals surface area (Å²) in [6, 6.07) is 22.5. The van der Waals surface area contributed by atoms with Crippen LogP contribution >= 0.6 is 0 Å².